The Morgan fingerprint density at radius 1 is 1.17 bits per heavy atom. The molecule has 0 amide bonds. The summed E-state index contributed by atoms with van der Waals surface area (Å²) >= 11 is 5.75. The first-order valence-corrected chi connectivity index (χ1v) is 7.41. The molecule has 0 saturated heterocycles. The SMILES string of the molecule is COc1ccc(-c2cc(=O)[nH]c(Nc3ccc(F)c(Cl)c3)n2)cc1. The van der Waals surface area contributed by atoms with Crippen LogP contribution in [0.1, 0.15) is 0 Å². The molecule has 1 heterocycles. The van der Waals surface area contributed by atoms with Crippen molar-refractivity contribution >= 4 is 23.2 Å². The number of halogens is 2. The van der Waals surface area contributed by atoms with E-state index in [2.05, 4.69) is 15.3 Å². The largest absolute Gasteiger partial charge is 0.497 e. The molecule has 0 aliphatic carbocycles. The van der Waals surface area contributed by atoms with Gasteiger partial charge in [0.15, 0.2) is 0 Å². The molecular formula is C17H13ClFN3O2. The molecule has 5 nitrogen and oxygen atoms in total. The van der Waals surface area contributed by atoms with Gasteiger partial charge < -0.3 is 10.1 Å². The van der Waals surface area contributed by atoms with E-state index < -0.39 is 5.82 Å². The van der Waals surface area contributed by atoms with Crippen molar-refractivity contribution in [1.29, 1.82) is 0 Å². The lowest BCUT2D eigenvalue weighted by molar-refractivity contribution is 0.415. The molecule has 3 rings (SSSR count). The van der Waals surface area contributed by atoms with Crippen LogP contribution in [0.15, 0.2) is 53.3 Å². The summed E-state index contributed by atoms with van der Waals surface area (Å²) in [5, 5.41) is 2.88. The molecule has 0 radical (unpaired) electrons. The van der Waals surface area contributed by atoms with Crippen molar-refractivity contribution in [2.45, 2.75) is 0 Å². The van der Waals surface area contributed by atoms with Gasteiger partial charge in [0.1, 0.15) is 11.6 Å². The van der Waals surface area contributed by atoms with Crippen LogP contribution in [0.3, 0.4) is 0 Å². The van der Waals surface area contributed by atoms with E-state index in [0.717, 1.165) is 5.56 Å². The first-order chi connectivity index (χ1) is 11.5. The summed E-state index contributed by atoms with van der Waals surface area (Å²) in [6.07, 6.45) is 0. The Bertz CT molecular complexity index is 926. The van der Waals surface area contributed by atoms with Crippen molar-refractivity contribution in [1.82, 2.24) is 9.97 Å². The fourth-order valence-electron chi connectivity index (χ4n) is 2.14. The van der Waals surface area contributed by atoms with Crippen LogP contribution >= 0.6 is 11.6 Å². The van der Waals surface area contributed by atoms with Crippen molar-refractivity contribution in [3.05, 3.63) is 69.7 Å². The zero-order valence-electron chi connectivity index (χ0n) is 12.6. The van der Waals surface area contributed by atoms with Crippen molar-refractivity contribution in [2.24, 2.45) is 0 Å². The standard InChI is InChI=1S/C17H13ClFN3O2/c1-24-12-5-2-10(3-6-12)15-9-16(23)22-17(21-15)20-11-4-7-14(19)13(18)8-11/h2-9H,1H3,(H2,20,21,22,23). The lowest BCUT2D eigenvalue weighted by atomic mass is 10.1. The average molecular weight is 346 g/mol. The Balaban J connectivity index is 1.93. The van der Waals surface area contributed by atoms with Crippen molar-refractivity contribution in [3.8, 4) is 17.0 Å². The van der Waals surface area contributed by atoms with E-state index in [4.69, 9.17) is 16.3 Å². The van der Waals surface area contributed by atoms with Gasteiger partial charge in [0.25, 0.3) is 5.56 Å². The second kappa shape index (κ2) is 6.72. The topological polar surface area (TPSA) is 67.0 Å². The second-order valence-electron chi connectivity index (χ2n) is 4.96. The number of aromatic amines is 1. The molecule has 3 aromatic rings. The number of rotatable bonds is 4. The predicted octanol–water partition coefficient (Wildman–Crippen LogP) is 3.98. The van der Waals surface area contributed by atoms with Crippen LogP contribution in [0.4, 0.5) is 16.0 Å². The molecule has 122 valence electrons. The van der Waals surface area contributed by atoms with Crippen LogP contribution in [0.2, 0.25) is 5.02 Å². The minimum absolute atomic E-state index is 0.0198. The lowest BCUT2D eigenvalue weighted by Gasteiger charge is -2.08. The maximum absolute atomic E-state index is 13.2. The lowest BCUT2D eigenvalue weighted by Crippen LogP contribution is -2.10. The van der Waals surface area contributed by atoms with Crippen LogP contribution in [0.25, 0.3) is 11.3 Å². The highest BCUT2D eigenvalue weighted by Gasteiger charge is 2.06. The zero-order valence-corrected chi connectivity index (χ0v) is 13.4. The maximum Gasteiger partial charge on any atom is 0.252 e. The third-order valence-electron chi connectivity index (χ3n) is 3.31. The number of hydrogen-bond acceptors (Lipinski definition) is 4. The van der Waals surface area contributed by atoms with Gasteiger partial charge in [-0.2, -0.15) is 0 Å². The second-order valence-corrected chi connectivity index (χ2v) is 5.37. The summed E-state index contributed by atoms with van der Waals surface area (Å²) in [7, 11) is 1.58. The molecule has 0 aliphatic heterocycles. The van der Waals surface area contributed by atoms with E-state index >= 15 is 0 Å². The monoisotopic (exact) mass is 345 g/mol. The Kier molecular flexibility index (Phi) is 4.48. The molecule has 7 heteroatoms. The highest BCUT2D eigenvalue weighted by Crippen LogP contribution is 2.23. The fourth-order valence-corrected chi connectivity index (χ4v) is 2.32. The molecule has 24 heavy (non-hydrogen) atoms. The number of ether oxygens (including phenoxy) is 1. The van der Waals surface area contributed by atoms with Crippen molar-refractivity contribution in [2.75, 3.05) is 12.4 Å². The number of methoxy groups -OCH3 is 1. The first kappa shape index (κ1) is 16.0. The Hall–Kier alpha value is -2.86. The molecule has 2 aromatic carbocycles. The van der Waals surface area contributed by atoms with Crippen LogP contribution in [0.5, 0.6) is 5.75 Å². The number of anilines is 2. The van der Waals surface area contributed by atoms with E-state index in [9.17, 15) is 9.18 Å². The molecule has 0 aliphatic rings. The summed E-state index contributed by atoms with van der Waals surface area (Å²) in [4.78, 5) is 18.8. The Morgan fingerprint density at radius 3 is 2.58 bits per heavy atom. The van der Waals surface area contributed by atoms with Gasteiger partial charge in [-0.3, -0.25) is 9.78 Å². The number of benzene rings is 2. The Morgan fingerprint density at radius 2 is 1.92 bits per heavy atom. The molecule has 0 saturated carbocycles. The summed E-state index contributed by atoms with van der Waals surface area (Å²) in [6, 6.07) is 12.7. The number of H-pyrrole nitrogens is 1. The normalized spacial score (nSPS) is 10.5. The quantitative estimate of drug-likeness (QED) is 0.750. The third kappa shape index (κ3) is 3.55. The molecule has 0 spiro atoms. The van der Waals surface area contributed by atoms with Gasteiger partial charge in [-0.25, -0.2) is 9.37 Å². The first-order valence-electron chi connectivity index (χ1n) is 7.03. The molecule has 1 aromatic heterocycles. The van der Waals surface area contributed by atoms with Crippen LogP contribution < -0.4 is 15.6 Å². The summed E-state index contributed by atoms with van der Waals surface area (Å²) in [5.74, 6) is 0.425. The number of nitrogens with zero attached hydrogens (tertiary/aromatic N) is 1. The number of aromatic nitrogens is 2. The third-order valence-corrected chi connectivity index (χ3v) is 3.60. The molecule has 0 atom stereocenters. The molecule has 0 fully saturated rings. The van der Waals surface area contributed by atoms with Crippen molar-refractivity contribution in [3.63, 3.8) is 0 Å². The minimum atomic E-state index is -0.518. The van der Waals surface area contributed by atoms with Gasteiger partial charge in [0.2, 0.25) is 5.95 Å². The van der Waals surface area contributed by atoms with E-state index in [1.54, 1.807) is 31.4 Å². The zero-order chi connectivity index (χ0) is 17.1. The number of nitrogens with one attached hydrogen (secondary N) is 2. The van der Waals surface area contributed by atoms with Gasteiger partial charge in [0, 0.05) is 17.3 Å². The van der Waals surface area contributed by atoms with Gasteiger partial charge in [0.05, 0.1) is 17.8 Å². The predicted molar refractivity (Wildman–Crippen MR) is 91.5 cm³/mol. The molecular weight excluding hydrogens is 333 g/mol. The van der Waals surface area contributed by atoms with Gasteiger partial charge in [-0.05, 0) is 42.5 Å². The summed E-state index contributed by atoms with van der Waals surface area (Å²) in [5.41, 5.74) is 1.46. The number of hydrogen-bond donors (Lipinski definition) is 2. The molecule has 2 N–H and O–H groups in total. The minimum Gasteiger partial charge on any atom is -0.497 e. The Labute approximate surface area is 142 Å². The molecule has 0 bridgehead atoms. The van der Waals surface area contributed by atoms with E-state index in [-0.39, 0.29) is 16.5 Å². The average Bonchev–Trinajstić information content (AvgIpc) is 2.58. The van der Waals surface area contributed by atoms with E-state index in [1.807, 2.05) is 0 Å². The maximum atomic E-state index is 13.2. The van der Waals surface area contributed by atoms with Crippen molar-refractivity contribution < 1.29 is 9.13 Å². The van der Waals surface area contributed by atoms with Crippen LogP contribution in [-0.2, 0) is 0 Å². The summed E-state index contributed by atoms with van der Waals surface area (Å²) < 4.78 is 18.3. The smallest absolute Gasteiger partial charge is 0.252 e. The van der Waals surface area contributed by atoms with Gasteiger partial charge >= 0.3 is 0 Å². The van der Waals surface area contributed by atoms with Crippen LogP contribution in [0, 0.1) is 5.82 Å². The fraction of sp³-hybridized carbons (Fsp3) is 0.0588. The van der Waals surface area contributed by atoms with Crippen LogP contribution in [-0.4, -0.2) is 17.1 Å². The highest BCUT2D eigenvalue weighted by atomic mass is 35.5. The molecule has 0 unspecified atom stereocenters. The van der Waals surface area contributed by atoms with E-state index in [0.29, 0.717) is 17.1 Å². The van der Waals surface area contributed by atoms with Gasteiger partial charge in [-0.1, -0.05) is 11.6 Å². The highest BCUT2D eigenvalue weighted by molar-refractivity contribution is 6.31. The van der Waals surface area contributed by atoms with E-state index in [1.165, 1.54) is 24.3 Å². The van der Waals surface area contributed by atoms with Gasteiger partial charge in [-0.15, -0.1) is 0 Å². The summed E-state index contributed by atoms with van der Waals surface area (Å²) in [6.45, 7) is 0.